The number of hydrogen-bond acceptors (Lipinski definition) is 5. The molecule has 0 spiro atoms. The molecule has 30 heavy (non-hydrogen) atoms. The lowest BCUT2D eigenvalue weighted by Crippen LogP contribution is -2.38. The van der Waals surface area contributed by atoms with E-state index >= 15 is 0 Å². The van der Waals surface area contributed by atoms with Crippen molar-refractivity contribution in [3.8, 4) is 0 Å². The van der Waals surface area contributed by atoms with Crippen LogP contribution in [0.5, 0.6) is 0 Å². The normalized spacial score (nSPS) is 35.3. The Morgan fingerprint density at radius 2 is 2.13 bits per heavy atom. The van der Waals surface area contributed by atoms with Crippen LogP contribution >= 0.6 is 0 Å². The van der Waals surface area contributed by atoms with Gasteiger partial charge in [-0.05, 0) is 67.1 Å². The number of allylic oxidation sites excluding steroid dienone is 4. The quantitative estimate of drug-likeness (QED) is 0.526. The second-order valence-corrected chi connectivity index (χ2v) is 8.99. The molecular formula is C24H35NO5. The van der Waals surface area contributed by atoms with E-state index in [0.29, 0.717) is 24.3 Å². The highest BCUT2D eigenvalue weighted by atomic mass is 17.0. The van der Waals surface area contributed by atoms with Gasteiger partial charge in [-0.3, -0.25) is 4.79 Å². The molecule has 0 bridgehead atoms. The van der Waals surface area contributed by atoms with E-state index < -0.39 is 12.2 Å². The van der Waals surface area contributed by atoms with Gasteiger partial charge < -0.3 is 10.2 Å². The molecule has 2 N–H and O–H groups in total. The number of carbonyl (C=O) groups excluding carboxylic acids is 1. The molecule has 0 radical (unpaired) electrons. The number of aliphatic hydroxyl groups is 2. The fraction of sp³-hybridized carbons (Fsp3) is 0.625. The molecule has 0 aromatic carbocycles. The van der Waals surface area contributed by atoms with Gasteiger partial charge in [-0.25, -0.2) is 9.68 Å². The van der Waals surface area contributed by atoms with E-state index in [1.807, 2.05) is 13.0 Å². The van der Waals surface area contributed by atoms with Crippen LogP contribution in [0.4, 0.5) is 0 Å². The van der Waals surface area contributed by atoms with Gasteiger partial charge in [-0.15, -0.1) is 0 Å². The zero-order chi connectivity index (χ0) is 22.1. The molecule has 1 unspecified atom stereocenters. The lowest BCUT2D eigenvalue weighted by molar-refractivity contribution is -0.341. The van der Waals surface area contributed by atoms with E-state index in [-0.39, 0.29) is 17.4 Å². The highest BCUT2D eigenvalue weighted by Gasteiger charge is 2.47. The van der Waals surface area contributed by atoms with Crippen molar-refractivity contribution in [3.63, 3.8) is 0 Å². The van der Waals surface area contributed by atoms with Crippen LogP contribution in [0.25, 0.3) is 0 Å². The Kier molecular flexibility index (Phi) is 7.02. The fourth-order valence-electron chi connectivity index (χ4n) is 5.39. The largest absolute Gasteiger partial charge is 0.393 e. The molecule has 1 amide bonds. The van der Waals surface area contributed by atoms with Crippen LogP contribution in [0.3, 0.4) is 0 Å². The van der Waals surface area contributed by atoms with Crippen LogP contribution in [0, 0.1) is 11.3 Å². The Hall–Kier alpha value is -1.73. The second kappa shape index (κ2) is 9.18. The molecule has 6 heteroatoms. The van der Waals surface area contributed by atoms with Crippen molar-refractivity contribution in [2.24, 2.45) is 11.3 Å². The zero-order valence-electron chi connectivity index (χ0n) is 18.6. The summed E-state index contributed by atoms with van der Waals surface area (Å²) in [4.78, 5) is 22.5. The number of hydrogen-bond donors (Lipinski definition) is 2. The van der Waals surface area contributed by atoms with Crippen molar-refractivity contribution in [2.45, 2.75) is 77.6 Å². The molecule has 2 fully saturated rings. The second-order valence-electron chi connectivity index (χ2n) is 8.99. The van der Waals surface area contributed by atoms with Gasteiger partial charge >= 0.3 is 0 Å². The van der Waals surface area contributed by atoms with E-state index in [9.17, 15) is 15.0 Å². The SMILES string of the molecule is C=C1C(=CC=C2CCC[C@]3(C)C([C@H](C)ON(OC)C(C)=O)=CCC23)C[C@@H](O)C[C@@H]1O. The van der Waals surface area contributed by atoms with E-state index in [2.05, 4.69) is 25.7 Å². The molecule has 2 saturated carbocycles. The standard InChI is InChI=1S/C24H35NO5/c1-15-19(13-20(27)14-23(15)28)9-8-18-7-6-12-24(4)21(10-11-22(18)24)16(2)30-25(29-5)17(3)26/h8-10,16,20,22-23,27-28H,1,6-7,11-14H2,2-5H3/t16-,20+,22?,23-,24+/m0/s1. The average molecular weight is 418 g/mol. The Bertz CT molecular complexity index is 782. The number of aliphatic hydroxyl groups excluding tert-OH is 2. The molecule has 0 aromatic heterocycles. The van der Waals surface area contributed by atoms with Gasteiger partial charge in [0, 0.05) is 13.3 Å². The van der Waals surface area contributed by atoms with Crippen molar-refractivity contribution in [1.29, 1.82) is 0 Å². The summed E-state index contributed by atoms with van der Waals surface area (Å²) < 4.78 is 0. The topological polar surface area (TPSA) is 79.2 Å². The van der Waals surface area contributed by atoms with Crippen molar-refractivity contribution < 1.29 is 24.7 Å². The molecule has 3 aliphatic carbocycles. The summed E-state index contributed by atoms with van der Waals surface area (Å²) in [5, 5.41) is 21.0. The van der Waals surface area contributed by atoms with E-state index in [1.54, 1.807) is 0 Å². The summed E-state index contributed by atoms with van der Waals surface area (Å²) in [6.07, 6.45) is 10.0. The molecule has 6 nitrogen and oxygen atoms in total. The number of fused-ring (bicyclic) bond motifs is 1. The molecule has 0 aromatic rings. The Morgan fingerprint density at radius 1 is 1.40 bits per heavy atom. The minimum atomic E-state index is -0.669. The maximum Gasteiger partial charge on any atom is 0.270 e. The van der Waals surface area contributed by atoms with E-state index in [0.717, 1.165) is 36.5 Å². The summed E-state index contributed by atoms with van der Waals surface area (Å²) >= 11 is 0. The Balaban J connectivity index is 1.78. The highest BCUT2D eigenvalue weighted by molar-refractivity contribution is 5.70. The highest BCUT2D eigenvalue weighted by Crippen LogP contribution is 2.55. The summed E-state index contributed by atoms with van der Waals surface area (Å²) in [5.74, 6) is 0.0850. The number of hydroxylamine groups is 2. The minimum absolute atomic E-state index is 0.0270. The molecule has 0 aliphatic heterocycles. The monoisotopic (exact) mass is 417 g/mol. The smallest absolute Gasteiger partial charge is 0.270 e. The molecule has 166 valence electrons. The van der Waals surface area contributed by atoms with Crippen molar-refractivity contribution >= 4 is 5.91 Å². The van der Waals surface area contributed by atoms with Gasteiger partial charge in [0.15, 0.2) is 0 Å². The zero-order valence-corrected chi connectivity index (χ0v) is 18.6. The lowest BCUT2D eigenvalue weighted by Gasteiger charge is -2.42. The summed E-state index contributed by atoms with van der Waals surface area (Å²) in [6, 6.07) is 0. The number of rotatable bonds is 5. The van der Waals surface area contributed by atoms with E-state index in [1.165, 1.54) is 25.2 Å². The minimum Gasteiger partial charge on any atom is -0.393 e. The Labute approximate surface area is 179 Å². The maximum atomic E-state index is 11.6. The van der Waals surface area contributed by atoms with Crippen LogP contribution in [-0.2, 0) is 14.5 Å². The first-order valence-corrected chi connectivity index (χ1v) is 10.8. The first-order valence-electron chi connectivity index (χ1n) is 10.8. The molecule has 3 rings (SSSR count). The molecule has 0 saturated heterocycles. The molecule has 5 atom stereocenters. The number of amides is 1. The van der Waals surface area contributed by atoms with Crippen molar-refractivity contribution in [3.05, 3.63) is 47.1 Å². The van der Waals surface area contributed by atoms with Gasteiger partial charge in [-0.1, -0.05) is 42.5 Å². The van der Waals surface area contributed by atoms with Crippen LogP contribution in [-0.4, -0.2) is 46.8 Å². The molecule has 3 aliphatic rings. The van der Waals surface area contributed by atoms with Gasteiger partial charge in [-0.2, -0.15) is 0 Å². The van der Waals surface area contributed by atoms with E-state index in [4.69, 9.17) is 9.68 Å². The predicted molar refractivity (Wildman–Crippen MR) is 115 cm³/mol. The lowest BCUT2D eigenvalue weighted by atomic mass is 9.63. The van der Waals surface area contributed by atoms with Crippen LogP contribution in [0.15, 0.2) is 47.1 Å². The van der Waals surface area contributed by atoms with Gasteiger partial charge in [0.25, 0.3) is 5.91 Å². The first-order chi connectivity index (χ1) is 14.2. The third kappa shape index (κ3) is 4.47. The predicted octanol–water partition coefficient (Wildman–Crippen LogP) is 3.78. The van der Waals surface area contributed by atoms with Crippen LogP contribution < -0.4 is 0 Å². The molecular weight excluding hydrogens is 382 g/mol. The number of carbonyl (C=O) groups is 1. The molecule has 0 heterocycles. The van der Waals surface area contributed by atoms with Gasteiger partial charge in [0.05, 0.1) is 19.3 Å². The van der Waals surface area contributed by atoms with Crippen molar-refractivity contribution in [2.75, 3.05) is 7.11 Å². The summed E-state index contributed by atoms with van der Waals surface area (Å²) in [6.45, 7) is 9.67. The third-order valence-corrected chi connectivity index (χ3v) is 6.99. The van der Waals surface area contributed by atoms with Crippen LogP contribution in [0.1, 0.15) is 59.3 Å². The van der Waals surface area contributed by atoms with Crippen LogP contribution in [0.2, 0.25) is 0 Å². The summed E-state index contributed by atoms with van der Waals surface area (Å²) in [5.41, 5.74) is 4.21. The third-order valence-electron chi connectivity index (χ3n) is 6.99. The van der Waals surface area contributed by atoms with Gasteiger partial charge in [0.1, 0.15) is 6.10 Å². The average Bonchev–Trinajstić information content (AvgIpc) is 3.04. The van der Waals surface area contributed by atoms with Crippen molar-refractivity contribution in [1.82, 2.24) is 5.23 Å². The fourth-order valence-corrected chi connectivity index (χ4v) is 5.39. The number of nitrogens with zero attached hydrogens (tertiary/aromatic N) is 1. The maximum absolute atomic E-state index is 11.6. The van der Waals surface area contributed by atoms with Gasteiger partial charge in [0.2, 0.25) is 0 Å². The first kappa shape index (κ1) is 22.9. The summed E-state index contributed by atoms with van der Waals surface area (Å²) in [7, 11) is 1.42. The Morgan fingerprint density at radius 3 is 2.80 bits per heavy atom.